The van der Waals surface area contributed by atoms with Gasteiger partial charge in [-0.05, 0) is 39.2 Å². The summed E-state index contributed by atoms with van der Waals surface area (Å²) in [5, 5.41) is 13.9. The minimum Gasteiger partial charge on any atom is -0.480 e. The van der Waals surface area contributed by atoms with Crippen molar-refractivity contribution in [2.75, 3.05) is 25.1 Å². The normalized spacial score (nSPS) is 13.1. The van der Waals surface area contributed by atoms with Gasteiger partial charge in [0.15, 0.2) is 0 Å². The minimum absolute atomic E-state index is 0.189. The van der Waals surface area contributed by atoms with E-state index >= 15 is 0 Å². The number of carbonyl (C=O) groups is 3. The number of amides is 3. The fraction of sp³-hybridized carbons (Fsp3) is 0.769. The maximum atomic E-state index is 12.0. The Balaban J connectivity index is 4.45. The summed E-state index contributed by atoms with van der Waals surface area (Å²) in [4.78, 5) is 36.4. The molecule has 8 heteroatoms. The van der Waals surface area contributed by atoms with Gasteiger partial charge in [0.25, 0.3) is 0 Å². The molecule has 0 aliphatic rings. The van der Waals surface area contributed by atoms with E-state index in [9.17, 15) is 14.4 Å². The first-order valence-electron chi connectivity index (χ1n) is 6.94. The number of carboxylic acids is 1. The molecule has 0 saturated heterocycles. The summed E-state index contributed by atoms with van der Waals surface area (Å²) < 4.78 is 0. The Kier molecular flexibility index (Phi) is 9.60. The maximum Gasteiger partial charge on any atom is 0.326 e. The number of nitrogens with zero attached hydrogens (tertiary/aromatic N) is 1. The number of hydrogen-bond acceptors (Lipinski definition) is 4. The number of thioether (sulfide) groups is 1. The molecule has 0 heterocycles. The fourth-order valence-electron chi connectivity index (χ4n) is 1.76. The van der Waals surface area contributed by atoms with Gasteiger partial charge in [-0.1, -0.05) is 0 Å². The Bertz CT molecular complexity index is 361. The molecule has 3 amide bonds. The second kappa shape index (κ2) is 10.3. The molecule has 3 N–H and O–H groups in total. The predicted molar refractivity (Wildman–Crippen MR) is 83.5 cm³/mol. The highest BCUT2D eigenvalue weighted by Gasteiger charge is 2.23. The van der Waals surface area contributed by atoms with E-state index in [1.54, 1.807) is 11.8 Å². The van der Waals surface area contributed by atoms with E-state index in [-0.39, 0.29) is 5.91 Å². The molecule has 0 aromatic carbocycles. The van der Waals surface area contributed by atoms with Crippen LogP contribution in [0.15, 0.2) is 0 Å². The van der Waals surface area contributed by atoms with E-state index in [1.165, 1.54) is 11.8 Å². The Morgan fingerprint density at radius 1 is 1.19 bits per heavy atom. The average Bonchev–Trinajstić information content (AvgIpc) is 2.44. The Hall–Kier alpha value is -1.44. The van der Waals surface area contributed by atoms with Crippen molar-refractivity contribution in [1.29, 1.82) is 0 Å². The zero-order valence-corrected chi connectivity index (χ0v) is 13.8. The molecule has 21 heavy (non-hydrogen) atoms. The molecule has 1 unspecified atom stereocenters. The van der Waals surface area contributed by atoms with E-state index in [1.807, 2.05) is 20.1 Å². The number of urea groups is 1. The highest BCUT2D eigenvalue weighted by molar-refractivity contribution is 7.98. The lowest BCUT2D eigenvalue weighted by molar-refractivity contribution is -0.139. The Morgan fingerprint density at radius 2 is 1.76 bits per heavy atom. The monoisotopic (exact) mass is 319 g/mol. The van der Waals surface area contributed by atoms with E-state index in [0.717, 1.165) is 0 Å². The van der Waals surface area contributed by atoms with Crippen molar-refractivity contribution >= 4 is 29.7 Å². The Labute approximate surface area is 129 Å². The van der Waals surface area contributed by atoms with E-state index in [2.05, 4.69) is 10.6 Å². The summed E-state index contributed by atoms with van der Waals surface area (Å²) in [7, 11) is 0. The molecule has 7 nitrogen and oxygen atoms in total. The first-order chi connectivity index (χ1) is 9.87. The quantitative estimate of drug-likeness (QED) is 0.582. The molecule has 2 atom stereocenters. The summed E-state index contributed by atoms with van der Waals surface area (Å²) >= 11 is 1.51. The van der Waals surface area contributed by atoms with Gasteiger partial charge in [-0.2, -0.15) is 11.8 Å². The smallest absolute Gasteiger partial charge is 0.326 e. The van der Waals surface area contributed by atoms with Gasteiger partial charge in [-0.25, -0.2) is 9.59 Å². The third-order valence-corrected chi connectivity index (χ3v) is 3.65. The summed E-state index contributed by atoms with van der Waals surface area (Å²) in [6, 6.07) is -2.29. The molecule has 0 spiro atoms. The van der Waals surface area contributed by atoms with Crippen LogP contribution < -0.4 is 10.6 Å². The van der Waals surface area contributed by atoms with Crippen molar-refractivity contribution < 1.29 is 19.5 Å². The molecule has 0 aromatic rings. The van der Waals surface area contributed by atoms with E-state index < -0.39 is 24.1 Å². The highest BCUT2D eigenvalue weighted by atomic mass is 32.2. The SMILES string of the molecule is CCN(CC)C(=O)C(C)NC(=O)N[C@@H](CCSC)C(=O)O. The standard InChI is InChI=1S/C13H25N3O4S/c1-5-16(6-2)11(17)9(3)14-13(20)15-10(12(18)19)7-8-21-4/h9-10H,5-8H2,1-4H3,(H,18,19)(H2,14,15,20)/t9?,10-/m0/s1. The van der Waals surface area contributed by atoms with Gasteiger partial charge in [0.1, 0.15) is 12.1 Å². The Morgan fingerprint density at radius 3 is 2.19 bits per heavy atom. The van der Waals surface area contributed by atoms with Crippen molar-refractivity contribution in [2.45, 2.75) is 39.3 Å². The van der Waals surface area contributed by atoms with Crippen molar-refractivity contribution in [3.05, 3.63) is 0 Å². The van der Waals surface area contributed by atoms with E-state index in [0.29, 0.717) is 25.3 Å². The second-order valence-corrected chi connectivity index (χ2v) is 5.51. The largest absolute Gasteiger partial charge is 0.480 e. The molecule has 0 fully saturated rings. The maximum absolute atomic E-state index is 12.0. The number of likely N-dealkylation sites (N-methyl/N-ethyl adjacent to an activating group) is 1. The van der Waals surface area contributed by atoms with Crippen LogP contribution in [0.25, 0.3) is 0 Å². The average molecular weight is 319 g/mol. The van der Waals surface area contributed by atoms with Gasteiger partial charge in [0.05, 0.1) is 0 Å². The van der Waals surface area contributed by atoms with Gasteiger partial charge >= 0.3 is 12.0 Å². The molecule has 0 bridgehead atoms. The van der Waals surface area contributed by atoms with Crippen molar-refractivity contribution in [1.82, 2.24) is 15.5 Å². The van der Waals surface area contributed by atoms with Crippen LogP contribution >= 0.6 is 11.8 Å². The molecular formula is C13H25N3O4S. The van der Waals surface area contributed by atoms with Crippen LogP contribution in [-0.4, -0.2) is 65.1 Å². The summed E-state index contributed by atoms with van der Waals surface area (Å²) in [5.41, 5.74) is 0. The number of rotatable bonds is 9. The van der Waals surface area contributed by atoms with Crippen LogP contribution in [0.2, 0.25) is 0 Å². The van der Waals surface area contributed by atoms with Crippen LogP contribution in [0, 0.1) is 0 Å². The molecular weight excluding hydrogens is 294 g/mol. The third kappa shape index (κ3) is 7.22. The van der Waals surface area contributed by atoms with Crippen molar-refractivity contribution in [2.24, 2.45) is 0 Å². The first kappa shape index (κ1) is 19.6. The van der Waals surface area contributed by atoms with Gasteiger partial charge in [0, 0.05) is 13.1 Å². The molecule has 0 saturated carbocycles. The lowest BCUT2D eigenvalue weighted by Gasteiger charge is -2.24. The summed E-state index contributed by atoms with van der Waals surface area (Å²) in [6.07, 6.45) is 2.20. The lowest BCUT2D eigenvalue weighted by atomic mass is 10.2. The molecule has 122 valence electrons. The van der Waals surface area contributed by atoms with Crippen molar-refractivity contribution in [3.63, 3.8) is 0 Å². The van der Waals surface area contributed by atoms with Crippen LogP contribution in [-0.2, 0) is 9.59 Å². The zero-order valence-electron chi connectivity index (χ0n) is 13.0. The van der Waals surface area contributed by atoms with Crippen LogP contribution in [0.4, 0.5) is 4.79 Å². The van der Waals surface area contributed by atoms with E-state index in [4.69, 9.17) is 5.11 Å². The molecule has 0 radical (unpaired) electrons. The lowest BCUT2D eigenvalue weighted by Crippen LogP contribution is -2.53. The van der Waals surface area contributed by atoms with Gasteiger partial charge < -0.3 is 20.6 Å². The molecule has 0 rings (SSSR count). The molecule has 0 aromatic heterocycles. The topological polar surface area (TPSA) is 98.7 Å². The molecule has 0 aliphatic heterocycles. The van der Waals surface area contributed by atoms with Gasteiger partial charge in [-0.15, -0.1) is 0 Å². The van der Waals surface area contributed by atoms with Gasteiger partial charge in [-0.3, -0.25) is 4.79 Å². The number of aliphatic carboxylic acids is 1. The van der Waals surface area contributed by atoms with Crippen LogP contribution in [0.5, 0.6) is 0 Å². The van der Waals surface area contributed by atoms with Crippen molar-refractivity contribution in [3.8, 4) is 0 Å². The number of nitrogens with one attached hydrogen (secondary N) is 2. The summed E-state index contributed by atoms with van der Waals surface area (Å²) in [5.74, 6) is -0.640. The number of carboxylic acid groups (broad SMARTS) is 1. The fourth-order valence-corrected chi connectivity index (χ4v) is 2.23. The third-order valence-electron chi connectivity index (χ3n) is 3.01. The minimum atomic E-state index is -1.08. The zero-order chi connectivity index (χ0) is 16.4. The first-order valence-corrected chi connectivity index (χ1v) is 8.34. The second-order valence-electron chi connectivity index (χ2n) is 4.52. The number of hydrogen-bond donors (Lipinski definition) is 3. The predicted octanol–water partition coefficient (Wildman–Crippen LogP) is 0.749. The van der Waals surface area contributed by atoms with Crippen LogP contribution in [0.3, 0.4) is 0 Å². The van der Waals surface area contributed by atoms with Gasteiger partial charge in [0.2, 0.25) is 5.91 Å². The van der Waals surface area contributed by atoms with Crippen LogP contribution in [0.1, 0.15) is 27.2 Å². The summed E-state index contributed by atoms with van der Waals surface area (Å²) in [6.45, 7) is 6.43. The highest BCUT2D eigenvalue weighted by Crippen LogP contribution is 2.01. The number of carbonyl (C=O) groups excluding carboxylic acids is 2. The molecule has 0 aliphatic carbocycles.